The number of carbonyl (C=O) groups excluding carboxylic acids is 1. The summed E-state index contributed by atoms with van der Waals surface area (Å²) < 4.78 is 42.4. The van der Waals surface area contributed by atoms with Gasteiger partial charge in [-0.15, -0.1) is 0 Å². The minimum Gasteiger partial charge on any atom is -0.468 e. The van der Waals surface area contributed by atoms with Crippen molar-refractivity contribution in [3.63, 3.8) is 0 Å². The van der Waals surface area contributed by atoms with Crippen LogP contribution in [-0.2, 0) is 22.3 Å². The average Bonchev–Trinajstić information content (AvgIpc) is 2.37. The molecule has 6 heteroatoms. The Morgan fingerprint density at radius 3 is 2.50 bits per heavy atom. The van der Waals surface area contributed by atoms with E-state index in [1.807, 2.05) is 13.8 Å². The Hall–Kier alpha value is -1.56. The molecule has 0 aliphatic carbocycles. The summed E-state index contributed by atoms with van der Waals surface area (Å²) >= 11 is 0. The maximum atomic E-state index is 12.6. The van der Waals surface area contributed by atoms with Crippen molar-refractivity contribution in [2.75, 3.05) is 7.11 Å². The van der Waals surface area contributed by atoms with Gasteiger partial charge in [0, 0.05) is 6.54 Å². The van der Waals surface area contributed by atoms with Crippen molar-refractivity contribution in [2.24, 2.45) is 5.92 Å². The lowest BCUT2D eigenvalue weighted by atomic mass is 10.0. The van der Waals surface area contributed by atoms with Gasteiger partial charge in [-0.3, -0.25) is 4.79 Å². The summed E-state index contributed by atoms with van der Waals surface area (Å²) in [6.07, 6.45) is -4.37. The summed E-state index contributed by atoms with van der Waals surface area (Å²) in [5.41, 5.74) is -0.231. The third-order valence-corrected chi connectivity index (χ3v) is 2.90. The SMILES string of the molecule is COC(=O)C(NCc1cccc(C(F)(F)F)c1)C(C)C. The van der Waals surface area contributed by atoms with E-state index in [4.69, 9.17) is 0 Å². The second kappa shape index (κ2) is 6.74. The van der Waals surface area contributed by atoms with E-state index < -0.39 is 23.8 Å². The van der Waals surface area contributed by atoms with E-state index in [1.54, 1.807) is 6.07 Å². The van der Waals surface area contributed by atoms with Crippen LogP contribution in [0.2, 0.25) is 0 Å². The molecule has 1 rings (SSSR count). The molecule has 1 aromatic rings. The van der Waals surface area contributed by atoms with Crippen LogP contribution in [0.15, 0.2) is 24.3 Å². The minimum absolute atomic E-state index is 0.0201. The number of nitrogens with one attached hydrogen (secondary N) is 1. The van der Waals surface area contributed by atoms with Crippen LogP contribution in [0.1, 0.15) is 25.0 Å². The molecule has 3 nitrogen and oxygen atoms in total. The van der Waals surface area contributed by atoms with E-state index in [0.29, 0.717) is 5.56 Å². The molecule has 0 radical (unpaired) electrons. The van der Waals surface area contributed by atoms with Gasteiger partial charge in [-0.2, -0.15) is 13.2 Å². The Morgan fingerprint density at radius 1 is 1.35 bits per heavy atom. The molecule has 1 unspecified atom stereocenters. The van der Waals surface area contributed by atoms with Gasteiger partial charge < -0.3 is 10.1 Å². The topological polar surface area (TPSA) is 38.3 Å². The van der Waals surface area contributed by atoms with Crippen LogP contribution in [0.4, 0.5) is 13.2 Å². The van der Waals surface area contributed by atoms with Crippen LogP contribution in [0.3, 0.4) is 0 Å². The minimum atomic E-state index is -4.37. The van der Waals surface area contributed by atoms with Crippen molar-refractivity contribution in [3.05, 3.63) is 35.4 Å². The highest BCUT2D eigenvalue weighted by molar-refractivity contribution is 5.75. The van der Waals surface area contributed by atoms with Gasteiger partial charge in [0.05, 0.1) is 12.7 Å². The molecule has 0 heterocycles. The van der Waals surface area contributed by atoms with Crippen molar-refractivity contribution in [2.45, 2.75) is 32.6 Å². The first kappa shape index (κ1) is 16.5. The third kappa shape index (κ3) is 4.52. The lowest BCUT2D eigenvalue weighted by molar-refractivity contribution is -0.144. The van der Waals surface area contributed by atoms with Crippen molar-refractivity contribution in [1.29, 1.82) is 0 Å². The summed E-state index contributed by atoms with van der Waals surface area (Å²) in [7, 11) is 1.28. The fourth-order valence-electron chi connectivity index (χ4n) is 1.80. The van der Waals surface area contributed by atoms with Crippen molar-refractivity contribution in [3.8, 4) is 0 Å². The lowest BCUT2D eigenvalue weighted by Crippen LogP contribution is -2.41. The first-order chi connectivity index (χ1) is 9.25. The number of carbonyl (C=O) groups is 1. The van der Waals surface area contributed by atoms with Crippen LogP contribution < -0.4 is 5.32 Å². The number of methoxy groups -OCH3 is 1. The van der Waals surface area contributed by atoms with E-state index in [2.05, 4.69) is 10.1 Å². The van der Waals surface area contributed by atoms with Crippen LogP contribution in [0.5, 0.6) is 0 Å². The fourth-order valence-corrected chi connectivity index (χ4v) is 1.80. The molecule has 0 fully saturated rings. The molecule has 0 aliphatic heterocycles. The molecule has 1 atom stereocenters. The number of esters is 1. The normalized spacial score (nSPS) is 13.3. The Bertz CT molecular complexity index is 458. The first-order valence-electron chi connectivity index (χ1n) is 6.23. The largest absolute Gasteiger partial charge is 0.468 e. The number of benzene rings is 1. The van der Waals surface area contributed by atoms with E-state index in [-0.39, 0.29) is 12.5 Å². The summed E-state index contributed by atoms with van der Waals surface area (Å²) in [5, 5.41) is 2.92. The molecule has 0 saturated carbocycles. The molecule has 0 saturated heterocycles. The van der Waals surface area contributed by atoms with Crippen LogP contribution >= 0.6 is 0 Å². The number of halogens is 3. The van der Waals surface area contributed by atoms with E-state index in [0.717, 1.165) is 12.1 Å². The van der Waals surface area contributed by atoms with Gasteiger partial charge in [-0.05, 0) is 17.5 Å². The highest BCUT2D eigenvalue weighted by Gasteiger charge is 2.30. The molecule has 0 spiro atoms. The zero-order valence-electron chi connectivity index (χ0n) is 11.6. The molecule has 0 aromatic heterocycles. The molecule has 1 aromatic carbocycles. The van der Waals surface area contributed by atoms with Gasteiger partial charge in [0.25, 0.3) is 0 Å². The maximum absolute atomic E-state index is 12.6. The predicted molar refractivity (Wildman–Crippen MR) is 68.9 cm³/mol. The fraction of sp³-hybridized carbons (Fsp3) is 0.500. The predicted octanol–water partition coefficient (Wildman–Crippen LogP) is 2.99. The average molecular weight is 289 g/mol. The van der Waals surface area contributed by atoms with Gasteiger partial charge in [0.1, 0.15) is 6.04 Å². The van der Waals surface area contributed by atoms with Gasteiger partial charge in [0.15, 0.2) is 0 Å². The molecular formula is C14H18F3NO2. The van der Waals surface area contributed by atoms with Crippen LogP contribution in [-0.4, -0.2) is 19.1 Å². The molecule has 1 N–H and O–H groups in total. The highest BCUT2D eigenvalue weighted by atomic mass is 19.4. The zero-order valence-corrected chi connectivity index (χ0v) is 11.6. The first-order valence-corrected chi connectivity index (χ1v) is 6.23. The molecule has 0 amide bonds. The Balaban J connectivity index is 2.76. The van der Waals surface area contributed by atoms with Crippen molar-refractivity contribution in [1.82, 2.24) is 5.32 Å². The second-order valence-electron chi connectivity index (χ2n) is 4.82. The molecule has 112 valence electrons. The number of ether oxygens (including phenoxy) is 1. The van der Waals surface area contributed by atoms with Crippen LogP contribution in [0.25, 0.3) is 0 Å². The lowest BCUT2D eigenvalue weighted by Gasteiger charge is -2.20. The third-order valence-electron chi connectivity index (χ3n) is 2.90. The quantitative estimate of drug-likeness (QED) is 0.847. The van der Waals surface area contributed by atoms with Gasteiger partial charge in [-0.1, -0.05) is 32.0 Å². The summed E-state index contributed by atoms with van der Waals surface area (Å²) in [5.74, 6) is -0.444. The standard InChI is InChI=1S/C14H18F3NO2/c1-9(2)12(13(19)20-3)18-8-10-5-4-6-11(7-10)14(15,16)17/h4-7,9,12,18H,8H2,1-3H3. The smallest absolute Gasteiger partial charge is 0.416 e. The summed E-state index contributed by atoms with van der Waals surface area (Å²) in [6, 6.07) is 4.47. The molecular weight excluding hydrogens is 271 g/mol. The number of hydrogen-bond donors (Lipinski definition) is 1. The molecule has 0 bridgehead atoms. The van der Waals surface area contributed by atoms with Gasteiger partial charge in [-0.25, -0.2) is 0 Å². The molecule has 0 aliphatic rings. The summed E-state index contributed by atoms with van der Waals surface area (Å²) in [6.45, 7) is 3.84. The summed E-state index contributed by atoms with van der Waals surface area (Å²) in [4.78, 5) is 11.5. The monoisotopic (exact) mass is 289 g/mol. The Labute approximate surface area is 116 Å². The van der Waals surface area contributed by atoms with Crippen LogP contribution in [0, 0.1) is 5.92 Å². The number of alkyl halides is 3. The van der Waals surface area contributed by atoms with Gasteiger partial charge in [0.2, 0.25) is 0 Å². The van der Waals surface area contributed by atoms with Crippen molar-refractivity contribution >= 4 is 5.97 Å². The Kier molecular flexibility index (Phi) is 5.56. The zero-order chi connectivity index (χ0) is 15.3. The van der Waals surface area contributed by atoms with Gasteiger partial charge >= 0.3 is 12.1 Å². The van der Waals surface area contributed by atoms with E-state index in [9.17, 15) is 18.0 Å². The second-order valence-corrected chi connectivity index (χ2v) is 4.82. The van der Waals surface area contributed by atoms with E-state index in [1.165, 1.54) is 13.2 Å². The molecule has 20 heavy (non-hydrogen) atoms. The number of hydrogen-bond acceptors (Lipinski definition) is 3. The number of rotatable bonds is 5. The maximum Gasteiger partial charge on any atom is 0.416 e. The van der Waals surface area contributed by atoms with Crippen molar-refractivity contribution < 1.29 is 22.7 Å². The van der Waals surface area contributed by atoms with E-state index >= 15 is 0 Å². The Morgan fingerprint density at radius 2 is 2.00 bits per heavy atom. The highest BCUT2D eigenvalue weighted by Crippen LogP contribution is 2.29.